The molecule has 2 heterocycles. The van der Waals surface area contributed by atoms with Crippen molar-refractivity contribution in [2.75, 3.05) is 19.0 Å². The fraction of sp³-hybridized carbons (Fsp3) is 0.120. The zero-order valence-corrected chi connectivity index (χ0v) is 21.5. The van der Waals surface area contributed by atoms with E-state index in [0.29, 0.717) is 10.9 Å². The summed E-state index contributed by atoms with van der Waals surface area (Å²) in [4.78, 5) is 51.5. The number of rotatable bonds is 7. The van der Waals surface area contributed by atoms with Crippen molar-refractivity contribution in [2.45, 2.75) is 16.9 Å². The number of ether oxygens (including phenoxy) is 1. The van der Waals surface area contributed by atoms with Crippen LogP contribution in [0.5, 0.6) is 0 Å². The van der Waals surface area contributed by atoms with Crippen molar-refractivity contribution in [2.24, 2.45) is 0 Å². The maximum Gasteiger partial charge on any atom is 0.339 e. The zero-order chi connectivity index (χ0) is 25.8. The van der Waals surface area contributed by atoms with Crippen molar-refractivity contribution in [3.8, 4) is 0 Å². The van der Waals surface area contributed by atoms with Gasteiger partial charge in [0.15, 0.2) is 5.09 Å². The van der Waals surface area contributed by atoms with Gasteiger partial charge in [-0.25, -0.2) is 4.79 Å². The van der Waals surface area contributed by atoms with Gasteiger partial charge in [-0.1, -0.05) is 41.1 Å². The van der Waals surface area contributed by atoms with Crippen LogP contribution in [-0.2, 0) is 14.3 Å². The summed E-state index contributed by atoms with van der Waals surface area (Å²) >= 11 is 8.14. The van der Waals surface area contributed by atoms with Crippen LogP contribution in [0.15, 0.2) is 73.9 Å². The Balaban J connectivity index is 1.40. The molecule has 2 aromatic carbocycles. The van der Waals surface area contributed by atoms with Crippen LogP contribution in [-0.4, -0.2) is 41.6 Å². The number of aryl methyl sites for hydroxylation is 1. The van der Waals surface area contributed by atoms with Crippen LogP contribution >= 0.6 is 35.1 Å². The quantitative estimate of drug-likeness (QED) is 0.292. The molecule has 0 bridgehead atoms. The van der Waals surface area contributed by atoms with E-state index >= 15 is 0 Å². The highest BCUT2D eigenvalue weighted by atomic mass is 35.5. The van der Waals surface area contributed by atoms with Gasteiger partial charge in [-0.3, -0.25) is 19.3 Å². The normalized spacial score (nSPS) is 14.4. The summed E-state index contributed by atoms with van der Waals surface area (Å²) in [5.41, 5.74) is 1.49. The van der Waals surface area contributed by atoms with Crippen LogP contribution in [0.4, 0.5) is 10.5 Å². The summed E-state index contributed by atoms with van der Waals surface area (Å²) < 4.78 is 10.4. The average Bonchev–Trinajstić information content (AvgIpc) is 3.40. The number of imide groups is 1. The van der Waals surface area contributed by atoms with Crippen LogP contribution in [0.25, 0.3) is 6.08 Å². The van der Waals surface area contributed by atoms with E-state index in [1.165, 1.54) is 43.1 Å². The Kier molecular flexibility index (Phi) is 7.88. The van der Waals surface area contributed by atoms with Gasteiger partial charge in [0.05, 0.1) is 22.6 Å². The predicted molar refractivity (Wildman–Crippen MR) is 138 cm³/mol. The van der Waals surface area contributed by atoms with Crippen molar-refractivity contribution in [1.29, 1.82) is 0 Å². The molecular weight excluding hydrogens is 524 g/mol. The Bertz CT molecular complexity index is 1380. The lowest BCUT2D eigenvalue weighted by molar-refractivity contribution is -0.127. The first-order valence-corrected chi connectivity index (χ1v) is 12.5. The number of methoxy groups -OCH3 is 1. The minimum atomic E-state index is -0.662. The van der Waals surface area contributed by atoms with Crippen LogP contribution < -0.4 is 5.32 Å². The minimum Gasteiger partial charge on any atom is -0.465 e. The third-order valence-corrected chi connectivity index (χ3v) is 7.11. The number of nitrogens with zero attached hydrogens (tertiary/aromatic N) is 1. The van der Waals surface area contributed by atoms with Gasteiger partial charge in [0.1, 0.15) is 12.3 Å². The standard InChI is InChI=1S/C25H19ClN2O6S2/c1-14-3-7-17(8-4-14)35-22-10-6-16(34-22)12-20-23(30)28(25(32)36-20)13-21(29)27-15-5-9-19(26)18(11-15)24(31)33-2/h3-12H,13H2,1-2H3,(H,27,29)/b20-12-. The van der Waals surface area contributed by atoms with Crippen molar-refractivity contribution in [3.05, 3.63) is 81.4 Å². The van der Waals surface area contributed by atoms with Crippen molar-refractivity contribution in [1.82, 2.24) is 4.90 Å². The number of hydrogen-bond acceptors (Lipinski definition) is 8. The molecule has 11 heteroatoms. The van der Waals surface area contributed by atoms with E-state index in [-0.39, 0.29) is 21.2 Å². The highest BCUT2D eigenvalue weighted by molar-refractivity contribution is 8.18. The minimum absolute atomic E-state index is 0.0735. The lowest BCUT2D eigenvalue weighted by atomic mass is 10.2. The molecule has 1 aromatic heterocycles. The Hall–Kier alpha value is -3.47. The number of amides is 3. The first-order valence-electron chi connectivity index (χ1n) is 10.5. The predicted octanol–water partition coefficient (Wildman–Crippen LogP) is 5.85. The molecule has 3 amide bonds. The van der Waals surface area contributed by atoms with Crippen LogP contribution in [0.1, 0.15) is 21.7 Å². The van der Waals surface area contributed by atoms with Crippen LogP contribution in [0.2, 0.25) is 5.02 Å². The first kappa shape index (κ1) is 25.6. The van der Waals surface area contributed by atoms with E-state index in [0.717, 1.165) is 27.1 Å². The SMILES string of the molecule is COC(=O)c1cc(NC(=O)CN2C(=O)S/C(=C\c3ccc(Sc4ccc(C)cc4)o3)C2=O)ccc1Cl. The van der Waals surface area contributed by atoms with Gasteiger partial charge in [-0.2, -0.15) is 0 Å². The third-order valence-electron chi connectivity index (χ3n) is 4.95. The lowest BCUT2D eigenvalue weighted by Crippen LogP contribution is -2.36. The summed E-state index contributed by atoms with van der Waals surface area (Å²) in [6.45, 7) is 1.51. The Morgan fingerprint density at radius 1 is 1.14 bits per heavy atom. The molecule has 0 atom stereocenters. The number of nitrogens with one attached hydrogen (secondary N) is 1. The summed E-state index contributed by atoms with van der Waals surface area (Å²) in [6.07, 6.45) is 1.48. The molecule has 0 saturated carbocycles. The van der Waals surface area contributed by atoms with E-state index < -0.39 is 29.6 Å². The Morgan fingerprint density at radius 3 is 2.61 bits per heavy atom. The molecule has 1 aliphatic heterocycles. The number of anilines is 1. The van der Waals surface area contributed by atoms with E-state index in [1.807, 2.05) is 31.2 Å². The van der Waals surface area contributed by atoms with E-state index in [2.05, 4.69) is 10.1 Å². The maximum atomic E-state index is 12.8. The van der Waals surface area contributed by atoms with Gasteiger partial charge in [0.2, 0.25) is 5.91 Å². The number of carbonyl (C=O) groups excluding carboxylic acids is 4. The highest BCUT2D eigenvalue weighted by Gasteiger charge is 2.36. The van der Waals surface area contributed by atoms with Gasteiger partial charge in [-0.05, 0) is 61.2 Å². The molecular formula is C25H19ClN2O6S2. The van der Waals surface area contributed by atoms with Gasteiger partial charge in [0, 0.05) is 16.7 Å². The summed E-state index contributed by atoms with van der Waals surface area (Å²) in [7, 11) is 1.21. The molecule has 0 unspecified atom stereocenters. The molecule has 1 saturated heterocycles. The topological polar surface area (TPSA) is 106 Å². The molecule has 8 nitrogen and oxygen atoms in total. The average molecular weight is 543 g/mol. The van der Waals surface area contributed by atoms with E-state index in [4.69, 9.17) is 16.0 Å². The second-order valence-electron chi connectivity index (χ2n) is 7.57. The molecule has 0 spiro atoms. The lowest BCUT2D eigenvalue weighted by Gasteiger charge is -2.13. The number of benzene rings is 2. The second kappa shape index (κ2) is 11.1. The Morgan fingerprint density at radius 2 is 1.89 bits per heavy atom. The smallest absolute Gasteiger partial charge is 0.339 e. The number of furan rings is 1. The molecule has 3 aromatic rings. The molecule has 4 rings (SSSR count). The number of thioether (sulfide) groups is 1. The van der Waals surface area contributed by atoms with Crippen molar-refractivity contribution < 1.29 is 28.3 Å². The summed E-state index contributed by atoms with van der Waals surface area (Å²) in [5.74, 6) is -1.47. The van der Waals surface area contributed by atoms with Crippen LogP contribution in [0.3, 0.4) is 0 Å². The van der Waals surface area contributed by atoms with Gasteiger partial charge in [0.25, 0.3) is 11.1 Å². The number of carbonyl (C=O) groups is 4. The van der Waals surface area contributed by atoms with Gasteiger partial charge >= 0.3 is 5.97 Å². The molecule has 1 N–H and O–H groups in total. The van der Waals surface area contributed by atoms with Crippen molar-refractivity contribution >= 4 is 69.9 Å². The van der Waals surface area contributed by atoms with Gasteiger partial charge in [-0.15, -0.1) is 0 Å². The summed E-state index contributed by atoms with van der Waals surface area (Å²) in [5, 5.41) is 2.77. The molecule has 1 fully saturated rings. The Labute approximate surface area is 220 Å². The highest BCUT2D eigenvalue weighted by Crippen LogP contribution is 2.34. The molecule has 1 aliphatic rings. The monoisotopic (exact) mass is 542 g/mol. The largest absolute Gasteiger partial charge is 0.465 e. The number of esters is 1. The van der Waals surface area contributed by atoms with E-state index in [1.54, 1.807) is 12.1 Å². The third kappa shape index (κ3) is 6.01. The summed E-state index contributed by atoms with van der Waals surface area (Å²) in [6, 6.07) is 15.7. The fourth-order valence-electron chi connectivity index (χ4n) is 3.17. The van der Waals surface area contributed by atoms with E-state index in [9.17, 15) is 19.2 Å². The van der Waals surface area contributed by atoms with Crippen LogP contribution in [0, 0.1) is 6.92 Å². The number of halogens is 1. The molecule has 0 aliphatic carbocycles. The molecule has 36 heavy (non-hydrogen) atoms. The molecule has 0 radical (unpaired) electrons. The first-order chi connectivity index (χ1) is 17.2. The zero-order valence-electron chi connectivity index (χ0n) is 19.1. The fourth-order valence-corrected chi connectivity index (χ4v) is 4.96. The van der Waals surface area contributed by atoms with Gasteiger partial charge < -0.3 is 14.5 Å². The number of hydrogen-bond donors (Lipinski definition) is 1. The maximum absolute atomic E-state index is 12.8. The van der Waals surface area contributed by atoms with Crippen molar-refractivity contribution in [3.63, 3.8) is 0 Å². The molecule has 184 valence electrons. The second-order valence-corrected chi connectivity index (χ2v) is 10.1.